The summed E-state index contributed by atoms with van der Waals surface area (Å²) in [5, 5.41) is 0. The van der Waals surface area contributed by atoms with Crippen molar-refractivity contribution in [2.24, 2.45) is 0 Å². The Bertz CT molecular complexity index is 351. The van der Waals surface area contributed by atoms with Crippen molar-refractivity contribution in [2.75, 3.05) is 30.3 Å². The zero-order chi connectivity index (χ0) is 10.9. The first-order valence-electron chi connectivity index (χ1n) is 5.18. The third kappa shape index (κ3) is 2.21. The van der Waals surface area contributed by atoms with Gasteiger partial charge in [0.1, 0.15) is 5.82 Å². The summed E-state index contributed by atoms with van der Waals surface area (Å²) in [7, 11) is 0. The van der Waals surface area contributed by atoms with Crippen LogP contribution in [0, 0.1) is 0 Å². The Kier molecular flexibility index (Phi) is 2.52. The summed E-state index contributed by atoms with van der Waals surface area (Å²) in [5.41, 5.74) is 6.74. The lowest BCUT2D eigenvalue weighted by Crippen LogP contribution is -2.48. The Labute approximate surface area is 90.0 Å². The Morgan fingerprint density at radius 3 is 3.00 bits per heavy atom. The molecule has 0 spiro atoms. The molecule has 2 N–H and O–H groups in total. The second-order valence-corrected chi connectivity index (χ2v) is 4.44. The maximum Gasteiger partial charge on any atom is 0.146 e. The van der Waals surface area contributed by atoms with E-state index in [0.29, 0.717) is 5.82 Å². The number of hydrogen-bond acceptors (Lipinski definition) is 4. The molecule has 1 saturated heterocycles. The van der Waals surface area contributed by atoms with Gasteiger partial charge in [-0.25, -0.2) is 4.98 Å². The number of morpholine rings is 1. The van der Waals surface area contributed by atoms with E-state index in [1.54, 1.807) is 6.20 Å². The van der Waals surface area contributed by atoms with Gasteiger partial charge in [-0.3, -0.25) is 0 Å². The van der Waals surface area contributed by atoms with Crippen LogP contribution in [0.3, 0.4) is 0 Å². The minimum atomic E-state index is -0.111. The van der Waals surface area contributed by atoms with E-state index in [4.69, 9.17) is 10.5 Å². The fourth-order valence-electron chi connectivity index (χ4n) is 1.90. The van der Waals surface area contributed by atoms with Gasteiger partial charge in [-0.05, 0) is 26.0 Å². The van der Waals surface area contributed by atoms with E-state index in [1.165, 1.54) is 0 Å². The summed E-state index contributed by atoms with van der Waals surface area (Å²) in [4.78, 5) is 6.33. The van der Waals surface area contributed by atoms with Gasteiger partial charge in [-0.15, -0.1) is 0 Å². The fraction of sp³-hybridized carbons (Fsp3) is 0.545. The van der Waals surface area contributed by atoms with Crippen LogP contribution in [-0.4, -0.2) is 30.3 Å². The molecule has 2 heterocycles. The van der Waals surface area contributed by atoms with Crippen molar-refractivity contribution in [3.63, 3.8) is 0 Å². The molecule has 0 amide bonds. The minimum absolute atomic E-state index is 0.111. The molecule has 0 saturated carbocycles. The molecule has 1 fully saturated rings. The molecule has 82 valence electrons. The van der Waals surface area contributed by atoms with Crippen LogP contribution < -0.4 is 10.6 Å². The van der Waals surface area contributed by atoms with Gasteiger partial charge in [-0.1, -0.05) is 0 Å². The molecule has 0 atom stereocenters. The number of anilines is 2. The molecule has 0 aliphatic carbocycles. The second-order valence-electron chi connectivity index (χ2n) is 4.44. The van der Waals surface area contributed by atoms with Gasteiger partial charge in [0.05, 0.1) is 17.9 Å². The quantitative estimate of drug-likeness (QED) is 0.753. The zero-order valence-electron chi connectivity index (χ0n) is 9.23. The highest BCUT2D eigenvalue weighted by atomic mass is 16.5. The average molecular weight is 207 g/mol. The number of aromatic nitrogens is 1. The molecule has 1 aromatic heterocycles. The summed E-state index contributed by atoms with van der Waals surface area (Å²) in [6, 6.07) is 3.91. The lowest BCUT2D eigenvalue weighted by molar-refractivity contribution is -0.0276. The van der Waals surface area contributed by atoms with E-state index < -0.39 is 0 Å². The summed E-state index contributed by atoms with van der Waals surface area (Å²) >= 11 is 0. The number of nitrogen functional groups attached to an aromatic ring is 1. The zero-order valence-corrected chi connectivity index (χ0v) is 9.23. The summed E-state index contributed by atoms with van der Waals surface area (Å²) in [6.45, 7) is 6.64. The van der Waals surface area contributed by atoms with Crippen LogP contribution in [0.5, 0.6) is 0 Å². The molecule has 0 radical (unpaired) electrons. The largest absolute Gasteiger partial charge is 0.382 e. The molecule has 15 heavy (non-hydrogen) atoms. The van der Waals surface area contributed by atoms with Crippen molar-refractivity contribution in [1.29, 1.82) is 0 Å². The highest BCUT2D eigenvalue weighted by Crippen LogP contribution is 2.25. The monoisotopic (exact) mass is 207 g/mol. The van der Waals surface area contributed by atoms with Gasteiger partial charge in [-0.2, -0.15) is 0 Å². The first kappa shape index (κ1) is 10.2. The predicted molar refractivity (Wildman–Crippen MR) is 60.9 cm³/mol. The van der Waals surface area contributed by atoms with Gasteiger partial charge in [0.25, 0.3) is 0 Å². The lowest BCUT2D eigenvalue weighted by Gasteiger charge is -2.39. The van der Waals surface area contributed by atoms with Crippen molar-refractivity contribution in [3.8, 4) is 0 Å². The first-order valence-corrected chi connectivity index (χ1v) is 5.18. The van der Waals surface area contributed by atoms with Crippen LogP contribution in [0.4, 0.5) is 11.5 Å². The van der Waals surface area contributed by atoms with Crippen molar-refractivity contribution < 1.29 is 4.74 Å². The van der Waals surface area contributed by atoms with Gasteiger partial charge in [0.15, 0.2) is 0 Å². The van der Waals surface area contributed by atoms with E-state index in [2.05, 4.69) is 23.7 Å². The maximum absolute atomic E-state index is 5.85. The third-order valence-electron chi connectivity index (χ3n) is 2.58. The number of nitrogens with zero attached hydrogens (tertiary/aromatic N) is 2. The number of pyridine rings is 1. The van der Waals surface area contributed by atoms with Crippen LogP contribution in [0.2, 0.25) is 0 Å². The third-order valence-corrected chi connectivity index (χ3v) is 2.58. The molecule has 0 bridgehead atoms. The SMILES string of the molecule is CC1(C)CN(c2cccnc2N)CCO1. The Hall–Kier alpha value is -1.29. The standard InChI is InChI=1S/C11H17N3O/c1-11(2)8-14(6-7-15-11)9-4-3-5-13-10(9)12/h3-5H,6-8H2,1-2H3,(H2,12,13). The maximum atomic E-state index is 5.85. The van der Waals surface area contributed by atoms with E-state index in [0.717, 1.165) is 25.4 Å². The van der Waals surface area contributed by atoms with Crippen LogP contribution in [0.25, 0.3) is 0 Å². The van der Waals surface area contributed by atoms with Crippen molar-refractivity contribution >= 4 is 11.5 Å². The Balaban J connectivity index is 2.21. The lowest BCUT2D eigenvalue weighted by atomic mass is 10.1. The number of rotatable bonds is 1. The Morgan fingerprint density at radius 2 is 2.33 bits per heavy atom. The molecule has 4 heteroatoms. The molecule has 0 aromatic carbocycles. The number of ether oxygens (including phenoxy) is 1. The smallest absolute Gasteiger partial charge is 0.146 e. The van der Waals surface area contributed by atoms with E-state index in [-0.39, 0.29) is 5.60 Å². The molecular formula is C11H17N3O. The van der Waals surface area contributed by atoms with Gasteiger partial charge < -0.3 is 15.4 Å². The number of hydrogen-bond donors (Lipinski definition) is 1. The molecule has 4 nitrogen and oxygen atoms in total. The van der Waals surface area contributed by atoms with E-state index >= 15 is 0 Å². The molecule has 1 aliphatic rings. The minimum Gasteiger partial charge on any atom is -0.382 e. The fourth-order valence-corrected chi connectivity index (χ4v) is 1.90. The van der Waals surface area contributed by atoms with E-state index in [9.17, 15) is 0 Å². The van der Waals surface area contributed by atoms with Crippen molar-refractivity contribution in [1.82, 2.24) is 4.98 Å². The Morgan fingerprint density at radius 1 is 1.53 bits per heavy atom. The normalized spacial score (nSPS) is 20.3. The van der Waals surface area contributed by atoms with Crippen LogP contribution in [-0.2, 0) is 4.74 Å². The van der Waals surface area contributed by atoms with Crippen LogP contribution in [0.1, 0.15) is 13.8 Å². The van der Waals surface area contributed by atoms with Crippen LogP contribution in [0.15, 0.2) is 18.3 Å². The highest BCUT2D eigenvalue weighted by molar-refractivity contribution is 5.63. The van der Waals surface area contributed by atoms with E-state index in [1.807, 2.05) is 12.1 Å². The average Bonchev–Trinajstić information content (AvgIpc) is 2.17. The molecule has 1 aliphatic heterocycles. The molecular weight excluding hydrogens is 190 g/mol. The second kappa shape index (κ2) is 3.70. The summed E-state index contributed by atoms with van der Waals surface area (Å²) in [6.07, 6.45) is 1.71. The van der Waals surface area contributed by atoms with Crippen molar-refractivity contribution in [3.05, 3.63) is 18.3 Å². The predicted octanol–water partition coefficient (Wildman–Crippen LogP) is 1.28. The highest BCUT2D eigenvalue weighted by Gasteiger charge is 2.28. The molecule has 0 unspecified atom stereocenters. The number of nitrogens with two attached hydrogens (primary N) is 1. The van der Waals surface area contributed by atoms with Gasteiger partial charge >= 0.3 is 0 Å². The summed E-state index contributed by atoms with van der Waals surface area (Å²) < 4.78 is 5.65. The van der Waals surface area contributed by atoms with Crippen LogP contribution >= 0.6 is 0 Å². The summed E-state index contributed by atoms with van der Waals surface area (Å²) in [5.74, 6) is 0.593. The topological polar surface area (TPSA) is 51.4 Å². The first-order chi connectivity index (χ1) is 7.08. The van der Waals surface area contributed by atoms with Gasteiger partial charge in [0.2, 0.25) is 0 Å². The van der Waals surface area contributed by atoms with Gasteiger partial charge in [0, 0.05) is 19.3 Å². The van der Waals surface area contributed by atoms with Crippen molar-refractivity contribution in [2.45, 2.75) is 19.4 Å². The molecule has 1 aromatic rings. The molecule has 2 rings (SSSR count).